The Bertz CT molecular complexity index is 1210. The zero-order valence-corrected chi connectivity index (χ0v) is 18.0. The normalized spacial score (nSPS) is 23.4. The van der Waals surface area contributed by atoms with Gasteiger partial charge in [0.15, 0.2) is 0 Å². The van der Waals surface area contributed by atoms with Gasteiger partial charge in [-0.2, -0.15) is 10.4 Å². The monoisotopic (exact) mass is 426 g/mol. The fourth-order valence-corrected chi connectivity index (χ4v) is 4.78. The van der Waals surface area contributed by atoms with Crippen LogP contribution in [0, 0.1) is 17.2 Å². The first-order chi connectivity index (χ1) is 15.8. The van der Waals surface area contributed by atoms with Crippen LogP contribution in [-0.4, -0.2) is 46.1 Å². The molecule has 2 aromatic heterocycles. The first kappa shape index (κ1) is 19.4. The van der Waals surface area contributed by atoms with Crippen molar-refractivity contribution in [1.82, 2.24) is 19.7 Å². The quantitative estimate of drug-likeness (QED) is 0.568. The Morgan fingerprint density at radius 2 is 1.97 bits per heavy atom. The number of hydrogen-bond donors (Lipinski definition) is 0. The lowest BCUT2D eigenvalue weighted by atomic mass is 9.80. The van der Waals surface area contributed by atoms with Crippen LogP contribution < -0.4 is 4.90 Å². The maximum absolute atomic E-state index is 8.74. The lowest BCUT2D eigenvalue weighted by molar-refractivity contribution is 0.122. The second-order valence-corrected chi connectivity index (χ2v) is 9.08. The molecule has 7 nitrogen and oxygen atoms in total. The van der Waals surface area contributed by atoms with Crippen LogP contribution in [0.5, 0.6) is 0 Å². The van der Waals surface area contributed by atoms with E-state index in [1.54, 1.807) is 6.08 Å². The van der Waals surface area contributed by atoms with Crippen molar-refractivity contribution >= 4 is 16.7 Å². The van der Waals surface area contributed by atoms with E-state index in [9.17, 15) is 0 Å². The third kappa shape index (κ3) is 3.65. The van der Waals surface area contributed by atoms with Crippen molar-refractivity contribution in [2.24, 2.45) is 5.92 Å². The highest BCUT2D eigenvalue weighted by atomic mass is 16.5. The van der Waals surface area contributed by atoms with Crippen LogP contribution >= 0.6 is 0 Å². The molecule has 162 valence electrons. The molecule has 32 heavy (non-hydrogen) atoms. The summed E-state index contributed by atoms with van der Waals surface area (Å²) in [7, 11) is 0. The molecular formula is C25H26N6O. The summed E-state index contributed by atoms with van der Waals surface area (Å²) in [5.41, 5.74) is 6.21. The molecule has 0 amide bonds. The molecule has 0 N–H and O–H groups in total. The third-order valence-corrected chi connectivity index (χ3v) is 6.87. The summed E-state index contributed by atoms with van der Waals surface area (Å²) in [6, 6.07) is 8.83. The van der Waals surface area contributed by atoms with Gasteiger partial charge < -0.3 is 9.64 Å². The van der Waals surface area contributed by atoms with E-state index in [1.807, 2.05) is 12.3 Å². The smallest absolute Gasteiger partial charge is 0.0927 e. The molecule has 3 aliphatic rings. The van der Waals surface area contributed by atoms with Crippen LogP contribution in [0.15, 0.2) is 42.7 Å². The molecule has 2 saturated carbocycles. The molecule has 3 heterocycles. The van der Waals surface area contributed by atoms with E-state index in [2.05, 4.69) is 40.0 Å². The summed E-state index contributed by atoms with van der Waals surface area (Å²) in [6.45, 7) is 3.34. The average molecular weight is 427 g/mol. The second-order valence-electron chi connectivity index (χ2n) is 9.08. The minimum atomic E-state index is 0.399. The highest BCUT2D eigenvalue weighted by Crippen LogP contribution is 2.45. The maximum Gasteiger partial charge on any atom is 0.0927 e. The zero-order chi connectivity index (χ0) is 21.5. The maximum atomic E-state index is 8.74. The van der Waals surface area contributed by atoms with Gasteiger partial charge in [0.25, 0.3) is 0 Å². The van der Waals surface area contributed by atoms with Gasteiger partial charge >= 0.3 is 0 Å². The Balaban J connectivity index is 1.31. The molecule has 3 fully saturated rings. The van der Waals surface area contributed by atoms with E-state index in [0.717, 1.165) is 61.4 Å². The molecule has 1 aromatic carbocycles. The van der Waals surface area contributed by atoms with E-state index in [4.69, 9.17) is 25.1 Å². The first-order valence-electron chi connectivity index (χ1n) is 11.5. The lowest BCUT2D eigenvalue weighted by Gasteiger charge is -2.33. The summed E-state index contributed by atoms with van der Waals surface area (Å²) in [4.78, 5) is 12.1. The number of morpholine rings is 1. The molecule has 0 atom stereocenters. The number of fused-ring (bicyclic) bond motifs is 1. The fraction of sp³-hybridized carbons (Fsp3) is 0.440. The summed E-state index contributed by atoms with van der Waals surface area (Å²) >= 11 is 0. The van der Waals surface area contributed by atoms with Crippen molar-refractivity contribution in [2.45, 2.75) is 37.6 Å². The highest BCUT2D eigenvalue weighted by molar-refractivity contribution is 5.81. The van der Waals surface area contributed by atoms with Crippen LogP contribution in [0.2, 0.25) is 0 Å². The van der Waals surface area contributed by atoms with E-state index in [1.165, 1.54) is 24.2 Å². The number of nitrogens with zero attached hydrogens (tertiary/aromatic N) is 6. The molecule has 3 aromatic rings. The predicted octanol–water partition coefficient (Wildman–Crippen LogP) is 4.24. The van der Waals surface area contributed by atoms with Crippen molar-refractivity contribution in [3.05, 3.63) is 48.4 Å². The number of benzene rings is 1. The molecular weight excluding hydrogens is 400 g/mol. The Kier molecular flexibility index (Phi) is 4.88. The Morgan fingerprint density at radius 1 is 1.12 bits per heavy atom. The Hall–Kier alpha value is -3.24. The van der Waals surface area contributed by atoms with Crippen molar-refractivity contribution in [2.75, 3.05) is 31.2 Å². The first-order valence-corrected chi connectivity index (χ1v) is 11.5. The molecule has 0 spiro atoms. The van der Waals surface area contributed by atoms with Gasteiger partial charge in [0, 0.05) is 42.5 Å². The second kappa shape index (κ2) is 8.03. The number of aromatic nitrogens is 4. The van der Waals surface area contributed by atoms with Crippen molar-refractivity contribution in [3.63, 3.8) is 0 Å². The van der Waals surface area contributed by atoms with Crippen LogP contribution in [0.4, 0.5) is 5.69 Å². The van der Waals surface area contributed by atoms with Gasteiger partial charge in [0.1, 0.15) is 0 Å². The molecule has 0 unspecified atom stereocenters. The van der Waals surface area contributed by atoms with Gasteiger partial charge in [-0.25, -0.2) is 4.98 Å². The molecule has 0 bridgehead atoms. The topological polar surface area (TPSA) is 79.9 Å². The largest absolute Gasteiger partial charge is 0.378 e. The summed E-state index contributed by atoms with van der Waals surface area (Å²) in [6.07, 6.45) is 12.2. The molecule has 1 saturated heterocycles. The summed E-state index contributed by atoms with van der Waals surface area (Å²) < 4.78 is 7.63. The average Bonchev–Trinajstić information content (AvgIpc) is 3.57. The Labute approximate surface area is 187 Å². The number of ether oxygens (including phenoxy) is 1. The van der Waals surface area contributed by atoms with Crippen molar-refractivity contribution in [3.8, 4) is 17.3 Å². The van der Waals surface area contributed by atoms with Crippen LogP contribution in [0.1, 0.15) is 43.3 Å². The number of hydrogen-bond acceptors (Lipinski definition) is 6. The predicted molar refractivity (Wildman–Crippen MR) is 122 cm³/mol. The molecule has 1 aliphatic heterocycles. The van der Waals surface area contributed by atoms with Crippen LogP contribution in [0.3, 0.4) is 0 Å². The molecule has 0 radical (unpaired) electrons. The van der Waals surface area contributed by atoms with Crippen LogP contribution in [-0.2, 0) is 4.74 Å². The Morgan fingerprint density at radius 3 is 2.75 bits per heavy atom. The molecule has 2 aliphatic carbocycles. The molecule has 6 rings (SSSR count). The van der Waals surface area contributed by atoms with Gasteiger partial charge in [0.2, 0.25) is 0 Å². The van der Waals surface area contributed by atoms with Crippen LogP contribution in [0.25, 0.3) is 22.3 Å². The molecule has 7 heteroatoms. The summed E-state index contributed by atoms with van der Waals surface area (Å²) in [5, 5.41) is 13.7. The van der Waals surface area contributed by atoms with Gasteiger partial charge in [0.05, 0.1) is 53.9 Å². The van der Waals surface area contributed by atoms with Gasteiger partial charge in [-0.3, -0.25) is 9.67 Å². The zero-order valence-electron chi connectivity index (χ0n) is 18.0. The van der Waals surface area contributed by atoms with Crippen molar-refractivity contribution in [1.29, 1.82) is 5.26 Å². The SMILES string of the molecule is N#C/C=C/C1CC(n2cc(-c3cnc4ccc(N5CCOCC5)cc4n3)c(C3CC3)n2)C1. The van der Waals surface area contributed by atoms with E-state index in [0.29, 0.717) is 17.9 Å². The number of nitriles is 1. The van der Waals surface area contributed by atoms with Crippen molar-refractivity contribution < 1.29 is 4.74 Å². The van der Waals surface area contributed by atoms with E-state index < -0.39 is 0 Å². The third-order valence-electron chi connectivity index (χ3n) is 6.87. The summed E-state index contributed by atoms with van der Waals surface area (Å²) in [5.74, 6) is 1.02. The van der Waals surface area contributed by atoms with E-state index in [-0.39, 0.29) is 0 Å². The minimum absolute atomic E-state index is 0.399. The van der Waals surface area contributed by atoms with E-state index >= 15 is 0 Å². The minimum Gasteiger partial charge on any atom is -0.378 e. The number of anilines is 1. The highest BCUT2D eigenvalue weighted by Gasteiger charge is 2.34. The fourth-order valence-electron chi connectivity index (χ4n) is 4.78. The number of allylic oxidation sites excluding steroid dienone is 2. The standard InChI is InChI=1S/C25H26N6O/c26-7-1-2-17-12-20(13-17)31-16-21(25(29-31)18-3-4-18)24-15-27-22-6-5-19(14-23(22)28-24)30-8-10-32-11-9-30/h1-2,5-6,14-18,20H,3-4,8-13H2/b2-1+. The van der Waals surface area contributed by atoms with Gasteiger partial charge in [-0.15, -0.1) is 0 Å². The van der Waals surface area contributed by atoms with Gasteiger partial charge in [-0.05, 0) is 49.8 Å². The van der Waals surface area contributed by atoms with Gasteiger partial charge in [-0.1, -0.05) is 6.08 Å². The lowest BCUT2D eigenvalue weighted by Crippen LogP contribution is -2.36. The number of rotatable bonds is 5.